The normalized spacial score (nSPS) is 10.8. The minimum Gasteiger partial charge on any atom is -0.379 e. The second kappa shape index (κ2) is 24.1. The third-order valence-electron chi connectivity index (χ3n) is 4.34. The van der Waals surface area contributed by atoms with Crippen molar-refractivity contribution in [1.82, 2.24) is 10.6 Å². The van der Waals surface area contributed by atoms with Gasteiger partial charge in [0.25, 0.3) is 0 Å². The van der Waals surface area contributed by atoms with Crippen LogP contribution >= 0.6 is 0 Å². The first-order chi connectivity index (χ1) is 15.6. The van der Waals surface area contributed by atoms with Crippen molar-refractivity contribution in [2.75, 3.05) is 72.5 Å². The van der Waals surface area contributed by atoms with E-state index >= 15 is 0 Å². The molecule has 10 nitrogen and oxygen atoms in total. The Balaban J connectivity index is 3.32. The Morgan fingerprint density at radius 1 is 0.656 bits per heavy atom. The number of amides is 2. The van der Waals surface area contributed by atoms with Crippen molar-refractivity contribution in [2.45, 2.75) is 51.9 Å². The summed E-state index contributed by atoms with van der Waals surface area (Å²) in [6.45, 7) is 6.46. The molecule has 0 unspecified atom stereocenters. The fourth-order valence-electron chi connectivity index (χ4n) is 2.50. The van der Waals surface area contributed by atoms with E-state index in [4.69, 9.17) is 24.7 Å². The number of carbonyl (C=O) groups excluding carboxylic acids is 3. The van der Waals surface area contributed by atoms with Crippen molar-refractivity contribution < 1.29 is 33.3 Å². The third-order valence-corrected chi connectivity index (χ3v) is 4.34. The molecule has 4 N–H and O–H groups in total. The number of ether oxygens (including phenoxy) is 4. The lowest BCUT2D eigenvalue weighted by atomic mass is 10.1. The maximum absolute atomic E-state index is 11.7. The molecule has 0 aliphatic carbocycles. The Labute approximate surface area is 192 Å². The van der Waals surface area contributed by atoms with Crippen LogP contribution in [0.4, 0.5) is 0 Å². The summed E-state index contributed by atoms with van der Waals surface area (Å²) >= 11 is 0. The van der Waals surface area contributed by atoms with Gasteiger partial charge in [0.1, 0.15) is 19.0 Å². The third kappa shape index (κ3) is 23.1. The zero-order valence-corrected chi connectivity index (χ0v) is 19.7. The topological polar surface area (TPSA) is 138 Å². The van der Waals surface area contributed by atoms with E-state index in [9.17, 15) is 14.4 Å². The minimum absolute atomic E-state index is 0.150. The van der Waals surface area contributed by atoms with Crippen LogP contribution in [-0.2, 0) is 33.3 Å². The maximum atomic E-state index is 11.7. The van der Waals surface area contributed by atoms with Crippen LogP contribution in [-0.4, -0.2) is 90.1 Å². The smallest absolute Gasteiger partial charge is 0.246 e. The molecule has 0 fully saturated rings. The average molecular weight is 462 g/mol. The zero-order chi connectivity index (χ0) is 23.7. The van der Waals surface area contributed by atoms with Crippen LogP contribution in [0.5, 0.6) is 0 Å². The Morgan fingerprint density at radius 2 is 1.19 bits per heavy atom. The number of Topliss-reactive ketones (excluding diaryl/α,β-unsaturated/α-hetero) is 1. The summed E-state index contributed by atoms with van der Waals surface area (Å²) < 4.78 is 21.2. The molecule has 0 spiro atoms. The van der Waals surface area contributed by atoms with Gasteiger partial charge in [0.05, 0.1) is 26.4 Å². The van der Waals surface area contributed by atoms with Crippen LogP contribution in [0.2, 0.25) is 0 Å². The number of carbonyl (C=O) groups is 3. The monoisotopic (exact) mass is 461 g/mol. The Kier molecular flexibility index (Phi) is 22.9. The van der Waals surface area contributed by atoms with E-state index in [0.717, 1.165) is 25.7 Å². The zero-order valence-electron chi connectivity index (χ0n) is 19.7. The van der Waals surface area contributed by atoms with Gasteiger partial charge in [0, 0.05) is 39.1 Å². The quantitative estimate of drug-likeness (QED) is 0.177. The Hall–Kier alpha value is -1.59. The van der Waals surface area contributed by atoms with Crippen molar-refractivity contribution >= 4 is 17.6 Å². The molecule has 0 saturated heterocycles. The SMILES string of the molecule is CCC(=O)CCCCCNC(=O)COCC(=O)NCCCOCCOCCOCCCN. The van der Waals surface area contributed by atoms with E-state index in [0.29, 0.717) is 78.5 Å². The predicted molar refractivity (Wildman–Crippen MR) is 121 cm³/mol. The van der Waals surface area contributed by atoms with E-state index in [1.54, 1.807) is 0 Å². The first kappa shape index (κ1) is 30.4. The number of hydrogen-bond acceptors (Lipinski definition) is 8. The van der Waals surface area contributed by atoms with Gasteiger partial charge in [0.2, 0.25) is 11.8 Å². The lowest BCUT2D eigenvalue weighted by molar-refractivity contribution is -0.131. The molecule has 188 valence electrons. The standard InChI is InChI=1S/C22H43N3O7/c1-2-20(26)8-4-3-5-10-24-21(27)18-32-19-22(28)25-11-7-13-30-15-17-31-16-14-29-12-6-9-23/h2-19,23H2,1H3,(H,24,27)(H,25,28). The van der Waals surface area contributed by atoms with Gasteiger partial charge in [-0.2, -0.15) is 0 Å². The van der Waals surface area contributed by atoms with Crippen molar-refractivity contribution in [3.8, 4) is 0 Å². The predicted octanol–water partition coefficient (Wildman–Crippen LogP) is 0.564. The van der Waals surface area contributed by atoms with Crippen LogP contribution in [0.3, 0.4) is 0 Å². The van der Waals surface area contributed by atoms with E-state index in [1.165, 1.54) is 0 Å². The number of unbranched alkanes of at least 4 members (excludes halogenated alkanes) is 2. The molecular formula is C22H43N3O7. The van der Waals surface area contributed by atoms with Gasteiger partial charge in [-0.3, -0.25) is 14.4 Å². The average Bonchev–Trinajstić information content (AvgIpc) is 2.79. The van der Waals surface area contributed by atoms with Gasteiger partial charge in [-0.05, 0) is 32.2 Å². The van der Waals surface area contributed by atoms with Crippen molar-refractivity contribution in [3.63, 3.8) is 0 Å². The fourth-order valence-corrected chi connectivity index (χ4v) is 2.50. The van der Waals surface area contributed by atoms with Crippen LogP contribution in [0.15, 0.2) is 0 Å². The largest absolute Gasteiger partial charge is 0.379 e. The molecule has 0 rings (SSSR count). The minimum atomic E-state index is -0.267. The highest BCUT2D eigenvalue weighted by molar-refractivity contribution is 5.79. The van der Waals surface area contributed by atoms with Crippen LogP contribution in [0, 0.1) is 0 Å². The number of hydrogen-bond donors (Lipinski definition) is 3. The van der Waals surface area contributed by atoms with Crippen LogP contribution < -0.4 is 16.4 Å². The van der Waals surface area contributed by atoms with E-state index in [2.05, 4.69) is 10.6 Å². The highest BCUT2D eigenvalue weighted by Crippen LogP contribution is 2.01. The van der Waals surface area contributed by atoms with Crippen molar-refractivity contribution in [3.05, 3.63) is 0 Å². The number of rotatable bonds is 24. The van der Waals surface area contributed by atoms with Crippen molar-refractivity contribution in [1.29, 1.82) is 0 Å². The molecule has 2 amide bonds. The Bertz CT molecular complexity index is 478. The molecule has 0 aromatic rings. The summed E-state index contributed by atoms with van der Waals surface area (Å²) in [5.41, 5.74) is 5.36. The van der Waals surface area contributed by atoms with Gasteiger partial charge in [0.15, 0.2) is 0 Å². The van der Waals surface area contributed by atoms with Gasteiger partial charge in [-0.1, -0.05) is 13.3 Å². The van der Waals surface area contributed by atoms with Gasteiger partial charge in [-0.25, -0.2) is 0 Å². The second-order valence-corrected chi connectivity index (χ2v) is 7.23. The summed E-state index contributed by atoms with van der Waals surface area (Å²) in [6.07, 6.45) is 5.29. The molecule has 0 heterocycles. The highest BCUT2D eigenvalue weighted by atomic mass is 16.5. The molecule has 0 saturated carbocycles. The molecule has 0 aliphatic rings. The van der Waals surface area contributed by atoms with E-state index in [-0.39, 0.29) is 30.8 Å². The van der Waals surface area contributed by atoms with Gasteiger partial charge < -0.3 is 35.3 Å². The summed E-state index contributed by atoms with van der Waals surface area (Å²) in [6, 6.07) is 0. The fraction of sp³-hybridized carbons (Fsp3) is 0.864. The molecular weight excluding hydrogens is 418 g/mol. The maximum Gasteiger partial charge on any atom is 0.246 e. The molecule has 0 radical (unpaired) electrons. The summed E-state index contributed by atoms with van der Waals surface area (Å²) in [5.74, 6) is -0.244. The summed E-state index contributed by atoms with van der Waals surface area (Å²) in [7, 11) is 0. The summed E-state index contributed by atoms with van der Waals surface area (Å²) in [5, 5.41) is 5.45. The van der Waals surface area contributed by atoms with E-state index in [1.807, 2.05) is 6.92 Å². The Morgan fingerprint density at radius 3 is 1.75 bits per heavy atom. The molecule has 0 aromatic carbocycles. The van der Waals surface area contributed by atoms with Crippen LogP contribution in [0.25, 0.3) is 0 Å². The first-order valence-corrected chi connectivity index (χ1v) is 11.7. The second-order valence-electron chi connectivity index (χ2n) is 7.23. The molecule has 0 atom stereocenters. The van der Waals surface area contributed by atoms with Gasteiger partial charge >= 0.3 is 0 Å². The van der Waals surface area contributed by atoms with Crippen molar-refractivity contribution in [2.24, 2.45) is 5.73 Å². The molecule has 32 heavy (non-hydrogen) atoms. The van der Waals surface area contributed by atoms with Crippen LogP contribution in [0.1, 0.15) is 51.9 Å². The molecule has 0 aromatic heterocycles. The molecule has 10 heteroatoms. The van der Waals surface area contributed by atoms with E-state index < -0.39 is 0 Å². The lowest BCUT2D eigenvalue weighted by Gasteiger charge is -2.08. The van der Waals surface area contributed by atoms with Gasteiger partial charge in [-0.15, -0.1) is 0 Å². The number of nitrogens with one attached hydrogen (secondary N) is 2. The summed E-state index contributed by atoms with van der Waals surface area (Å²) in [4.78, 5) is 34.5. The molecule has 0 aliphatic heterocycles. The number of ketones is 1. The molecule has 0 bridgehead atoms. The number of nitrogens with two attached hydrogens (primary N) is 1. The first-order valence-electron chi connectivity index (χ1n) is 11.7. The lowest BCUT2D eigenvalue weighted by Crippen LogP contribution is -2.33. The highest BCUT2D eigenvalue weighted by Gasteiger charge is 2.05.